The molecule has 0 aromatic heterocycles. The highest BCUT2D eigenvalue weighted by atomic mass is 32.2. The molecule has 0 aliphatic carbocycles. The minimum absolute atomic E-state index is 0.179. The van der Waals surface area contributed by atoms with Gasteiger partial charge in [0, 0.05) is 18.7 Å². The van der Waals surface area contributed by atoms with Crippen LogP contribution in [0, 0.1) is 11.8 Å². The molecule has 4 N–H and O–H groups in total. The second kappa shape index (κ2) is 6.13. The Kier molecular flexibility index (Phi) is 4.65. The first-order chi connectivity index (χ1) is 9.86. The van der Waals surface area contributed by atoms with Gasteiger partial charge >= 0.3 is 0 Å². The van der Waals surface area contributed by atoms with Gasteiger partial charge in [-0.2, -0.15) is 4.31 Å². The van der Waals surface area contributed by atoms with E-state index in [9.17, 15) is 13.2 Å². The summed E-state index contributed by atoms with van der Waals surface area (Å²) >= 11 is 0. The van der Waals surface area contributed by atoms with E-state index in [1.807, 2.05) is 0 Å². The van der Waals surface area contributed by atoms with Crippen LogP contribution in [0.2, 0.25) is 0 Å². The third-order valence-corrected chi connectivity index (χ3v) is 6.04. The fraction of sp³-hybridized carbons (Fsp3) is 0.500. The standard InChI is InChI=1S/C14H21N3O3S/c1-10-6-7-17(9-12(10)8-15)21(19,20)13-4-2-11(3-5-13)14(16)18/h2-5,10,12H,6-9,15H2,1H3,(H2,16,18). The molecule has 1 fully saturated rings. The van der Waals surface area contributed by atoms with Crippen LogP contribution in [-0.2, 0) is 10.0 Å². The number of carbonyl (C=O) groups is 1. The van der Waals surface area contributed by atoms with Gasteiger partial charge in [-0.15, -0.1) is 0 Å². The predicted octanol–water partition coefficient (Wildman–Crippen LogP) is 0.391. The Labute approximate surface area is 125 Å². The van der Waals surface area contributed by atoms with Crippen LogP contribution >= 0.6 is 0 Å². The summed E-state index contributed by atoms with van der Waals surface area (Å²) in [4.78, 5) is 11.2. The van der Waals surface area contributed by atoms with Crippen LogP contribution in [0.5, 0.6) is 0 Å². The summed E-state index contributed by atoms with van der Waals surface area (Å²) in [7, 11) is -3.55. The van der Waals surface area contributed by atoms with Gasteiger partial charge in [0.2, 0.25) is 15.9 Å². The molecule has 1 aliphatic rings. The zero-order chi connectivity index (χ0) is 15.6. The number of nitrogens with zero attached hydrogens (tertiary/aromatic N) is 1. The SMILES string of the molecule is CC1CCN(S(=O)(=O)c2ccc(C(N)=O)cc2)CC1CN. The van der Waals surface area contributed by atoms with Gasteiger partial charge in [-0.05, 0) is 49.1 Å². The van der Waals surface area contributed by atoms with E-state index in [1.165, 1.54) is 28.6 Å². The van der Waals surface area contributed by atoms with Crippen molar-refractivity contribution >= 4 is 15.9 Å². The Morgan fingerprint density at radius 1 is 1.33 bits per heavy atom. The fourth-order valence-corrected chi connectivity index (χ4v) is 4.09. The molecule has 1 saturated heterocycles. The fourth-order valence-electron chi connectivity index (χ4n) is 2.58. The molecular formula is C14H21N3O3S. The summed E-state index contributed by atoms with van der Waals surface area (Å²) in [5, 5.41) is 0. The van der Waals surface area contributed by atoms with Crippen LogP contribution in [0.3, 0.4) is 0 Å². The minimum atomic E-state index is -3.55. The molecule has 6 nitrogen and oxygen atoms in total. The summed E-state index contributed by atoms with van der Waals surface area (Å²) in [6.45, 7) is 3.52. The first-order valence-corrected chi connectivity index (χ1v) is 8.40. The van der Waals surface area contributed by atoms with Gasteiger partial charge in [-0.25, -0.2) is 8.42 Å². The van der Waals surface area contributed by atoms with Crippen molar-refractivity contribution in [3.63, 3.8) is 0 Å². The Morgan fingerprint density at radius 3 is 2.48 bits per heavy atom. The number of primary amides is 1. The van der Waals surface area contributed by atoms with Crippen LogP contribution in [0.1, 0.15) is 23.7 Å². The Morgan fingerprint density at radius 2 is 1.95 bits per heavy atom. The maximum absolute atomic E-state index is 12.6. The summed E-state index contributed by atoms with van der Waals surface area (Å²) in [5.74, 6) is 0.0334. The van der Waals surface area contributed by atoms with Gasteiger partial charge in [0.05, 0.1) is 4.90 Å². The highest BCUT2D eigenvalue weighted by Crippen LogP contribution is 2.27. The molecule has 1 aromatic carbocycles. The maximum Gasteiger partial charge on any atom is 0.248 e. The average Bonchev–Trinajstić information content (AvgIpc) is 2.47. The summed E-state index contributed by atoms with van der Waals surface area (Å²) < 4.78 is 26.7. The smallest absolute Gasteiger partial charge is 0.248 e. The summed E-state index contributed by atoms with van der Waals surface area (Å²) in [5.41, 5.74) is 11.2. The molecule has 1 amide bonds. The quantitative estimate of drug-likeness (QED) is 0.838. The molecule has 0 spiro atoms. The molecular weight excluding hydrogens is 290 g/mol. The molecule has 116 valence electrons. The molecule has 7 heteroatoms. The molecule has 1 heterocycles. The number of hydrogen-bond donors (Lipinski definition) is 2. The van der Waals surface area contributed by atoms with Crippen molar-refractivity contribution in [1.29, 1.82) is 0 Å². The molecule has 1 aromatic rings. The van der Waals surface area contributed by atoms with E-state index in [1.54, 1.807) is 0 Å². The molecule has 21 heavy (non-hydrogen) atoms. The Bertz CT molecular complexity index is 613. The number of benzene rings is 1. The van der Waals surface area contributed by atoms with Crippen molar-refractivity contribution in [2.75, 3.05) is 19.6 Å². The zero-order valence-electron chi connectivity index (χ0n) is 12.0. The number of carbonyl (C=O) groups excluding carboxylic acids is 1. The molecule has 0 radical (unpaired) electrons. The molecule has 2 atom stereocenters. The van der Waals surface area contributed by atoms with E-state index in [4.69, 9.17) is 11.5 Å². The molecule has 0 bridgehead atoms. The van der Waals surface area contributed by atoms with Gasteiger partial charge in [-0.1, -0.05) is 6.92 Å². The zero-order valence-corrected chi connectivity index (χ0v) is 12.8. The lowest BCUT2D eigenvalue weighted by Crippen LogP contribution is -2.45. The number of sulfonamides is 1. The largest absolute Gasteiger partial charge is 0.366 e. The van der Waals surface area contributed by atoms with Crippen molar-refractivity contribution in [2.45, 2.75) is 18.2 Å². The van der Waals surface area contributed by atoms with Crippen LogP contribution in [0.4, 0.5) is 0 Å². The molecule has 2 rings (SSSR count). The van der Waals surface area contributed by atoms with Crippen molar-refractivity contribution in [3.8, 4) is 0 Å². The van der Waals surface area contributed by atoms with Crippen molar-refractivity contribution < 1.29 is 13.2 Å². The van der Waals surface area contributed by atoms with Gasteiger partial charge in [0.15, 0.2) is 0 Å². The lowest BCUT2D eigenvalue weighted by molar-refractivity contribution is 0.1000. The normalized spacial score (nSPS) is 23.9. The minimum Gasteiger partial charge on any atom is -0.366 e. The second-order valence-corrected chi connectivity index (χ2v) is 7.45. The van der Waals surface area contributed by atoms with Gasteiger partial charge in [-0.3, -0.25) is 4.79 Å². The third kappa shape index (κ3) is 3.25. The van der Waals surface area contributed by atoms with E-state index < -0.39 is 15.9 Å². The van der Waals surface area contributed by atoms with Gasteiger partial charge in [0.25, 0.3) is 0 Å². The molecule has 2 unspecified atom stereocenters. The van der Waals surface area contributed by atoms with Crippen LogP contribution < -0.4 is 11.5 Å². The van der Waals surface area contributed by atoms with Gasteiger partial charge < -0.3 is 11.5 Å². The highest BCUT2D eigenvalue weighted by Gasteiger charge is 2.33. The number of rotatable bonds is 4. The molecule has 0 saturated carbocycles. The van der Waals surface area contributed by atoms with Crippen LogP contribution in [-0.4, -0.2) is 38.3 Å². The number of piperidine rings is 1. The summed E-state index contributed by atoms with van der Waals surface area (Å²) in [6.07, 6.45) is 0.806. The second-order valence-electron chi connectivity index (χ2n) is 5.51. The Balaban J connectivity index is 2.23. The number of amides is 1. The van der Waals surface area contributed by atoms with Crippen LogP contribution in [0.15, 0.2) is 29.2 Å². The number of hydrogen-bond acceptors (Lipinski definition) is 4. The van der Waals surface area contributed by atoms with Gasteiger partial charge in [0.1, 0.15) is 0 Å². The van der Waals surface area contributed by atoms with Crippen molar-refractivity contribution in [2.24, 2.45) is 23.3 Å². The highest BCUT2D eigenvalue weighted by molar-refractivity contribution is 7.89. The average molecular weight is 311 g/mol. The maximum atomic E-state index is 12.6. The first kappa shape index (κ1) is 15.9. The van der Waals surface area contributed by atoms with Crippen LogP contribution in [0.25, 0.3) is 0 Å². The third-order valence-electron chi connectivity index (χ3n) is 4.16. The van der Waals surface area contributed by atoms with E-state index in [-0.39, 0.29) is 10.8 Å². The van der Waals surface area contributed by atoms with Crippen molar-refractivity contribution in [3.05, 3.63) is 29.8 Å². The topological polar surface area (TPSA) is 106 Å². The first-order valence-electron chi connectivity index (χ1n) is 6.96. The predicted molar refractivity (Wildman–Crippen MR) is 80.0 cm³/mol. The Hall–Kier alpha value is -1.44. The lowest BCUT2D eigenvalue weighted by atomic mass is 9.88. The van der Waals surface area contributed by atoms with E-state index in [2.05, 4.69) is 6.92 Å². The summed E-state index contributed by atoms with van der Waals surface area (Å²) in [6, 6.07) is 5.71. The molecule has 1 aliphatic heterocycles. The van der Waals surface area contributed by atoms with E-state index in [0.717, 1.165) is 6.42 Å². The number of nitrogens with two attached hydrogens (primary N) is 2. The van der Waals surface area contributed by atoms with Crippen molar-refractivity contribution in [1.82, 2.24) is 4.31 Å². The van der Waals surface area contributed by atoms with E-state index >= 15 is 0 Å². The lowest BCUT2D eigenvalue weighted by Gasteiger charge is -2.35. The van der Waals surface area contributed by atoms with E-state index in [0.29, 0.717) is 31.1 Å². The monoisotopic (exact) mass is 311 g/mol.